The largest absolute Gasteiger partial charge is 0.493 e. The first-order valence-electron chi connectivity index (χ1n) is 10.5. The highest BCUT2D eigenvalue weighted by Crippen LogP contribution is 2.34. The van der Waals surface area contributed by atoms with E-state index in [1.54, 1.807) is 40.0 Å². The number of carbonyl (C=O) groups is 2. The Kier molecular flexibility index (Phi) is 6.11. The van der Waals surface area contributed by atoms with E-state index in [1.165, 1.54) is 14.2 Å². The van der Waals surface area contributed by atoms with Crippen LogP contribution >= 0.6 is 0 Å². The number of nitrogens with one attached hydrogen (secondary N) is 1. The van der Waals surface area contributed by atoms with Crippen LogP contribution in [-0.4, -0.2) is 53.8 Å². The molecule has 8 heteroatoms. The second kappa shape index (κ2) is 9.13. The van der Waals surface area contributed by atoms with Gasteiger partial charge >= 0.3 is 0 Å². The summed E-state index contributed by atoms with van der Waals surface area (Å²) < 4.78 is 12.5. The van der Waals surface area contributed by atoms with Gasteiger partial charge in [-0.15, -0.1) is 0 Å². The van der Waals surface area contributed by atoms with Crippen LogP contribution in [0.5, 0.6) is 11.5 Å². The van der Waals surface area contributed by atoms with Crippen molar-refractivity contribution in [1.29, 1.82) is 0 Å². The maximum Gasteiger partial charge on any atom is 0.256 e. The molecule has 8 nitrogen and oxygen atoms in total. The minimum atomic E-state index is -0.323. The van der Waals surface area contributed by atoms with E-state index in [-0.39, 0.29) is 11.8 Å². The number of aryl methyl sites for hydroxylation is 1. The highest BCUT2D eigenvalue weighted by Gasteiger charge is 2.25. The molecule has 0 spiro atoms. The molecule has 32 heavy (non-hydrogen) atoms. The molecule has 0 atom stereocenters. The number of benzene rings is 2. The van der Waals surface area contributed by atoms with Crippen molar-refractivity contribution in [2.45, 2.75) is 19.8 Å². The summed E-state index contributed by atoms with van der Waals surface area (Å²) in [5, 5.41) is 7.16. The molecule has 1 fully saturated rings. The van der Waals surface area contributed by atoms with Gasteiger partial charge in [0.25, 0.3) is 11.8 Å². The maximum absolute atomic E-state index is 13.1. The van der Waals surface area contributed by atoms with Crippen LogP contribution in [0.1, 0.15) is 39.1 Å². The molecule has 0 aliphatic carbocycles. The van der Waals surface area contributed by atoms with Crippen LogP contribution in [0.4, 0.5) is 5.69 Å². The van der Waals surface area contributed by atoms with Crippen molar-refractivity contribution < 1.29 is 19.1 Å². The standard InChI is InChI=1S/C24H26N4O4/c1-16-14-25-28(15-16)18-8-6-17(7-9-18)23(29)26-20-13-22(32-3)21(31-2)12-19(20)24(30)27-10-4-5-11-27/h6-9,12-15H,4-5,10-11H2,1-3H3,(H,26,29). The third-order valence-electron chi connectivity index (χ3n) is 5.50. The number of hydrogen-bond donors (Lipinski definition) is 1. The second-order valence-electron chi connectivity index (χ2n) is 7.72. The summed E-state index contributed by atoms with van der Waals surface area (Å²) in [4.78, 5) is 27.9. The highest BCUT2D eigenvalue weighted by atomic mass is 16.5. The Hall–Kier alpha value is -3.81. The summed E-state index contributed by atoms with van der Waals surface area (Å²) in [5.74, 6) is 0.413. The molecule has 3 aromatic rings. The van der Waals surface area contributed by atoms with Gasteiger partial charge in [0.15, 0.2) is 11.5 Å². The monoisotopic (exact) mass is 434 g/mol. The van der Waals surface area contributed by atoms with Crippen molar-refractivity contribution in [2.24, 2.45) is 0 Å². The zero-order valence-electron chi connectivity index (χ0n) is 18.4. The lowest BCUT2D eigenvalue weighted by molar-refractivity contribution is 0.0793. The molecule has 0 saturated carbocycles. The molecule has 1 aliphatic heterocycles. The van der Waals surface area contributed by atoms with Crippen LogP contribution in [0, 0.1) is 6.92 Å². The van der Waals surface area contributed by atoms with Gasteiger partial charge in [0.1, 0.15) is 0 Å². The number of ether oxygens (including phenoxy) is 2. The molecular weight excluding hydrogens is 408 g/mol. The number of amides is 2. The van der Waals surface area contributed by atoms with E-state index in [4.69, 9.17) is 9.47 Å². The quantitative estimate of drug-likeness (QED) is 0.640. The molecule has 1 aliphatic rings. The normalized spacial score (nSPS) is 13.2. The van der Waals surface area contributed by atoms with Gasteiger partial charge in [0, 0.05) is 30.9 Å². The summed E-state index contributed by atoms with van der Waals surface area (Å²) in [7, 11) is 3.03. The number of anilines is 1. The van der Waals surface area contributed by atoms with Crippen molar-refractivity contribution in [3.05, 3.63) is 65.5 Å². The predicted octanol–water partition coefficient (Wildman–Crippen LogP) is 3.69. The fourth-order valence-electron chi connectivity index (χ4n) is 3.76. The number of nitrogens with zero attached hydrogens (tertiary/aromatic N) is 3. The van der Waals surface area contributed by atoms with Crippen molar-refractivity contribution in [1.82, 2.24) is 14.7 Å². The average Bonchev–Trinajstić information content (AvgIpc) is 3.50. The fourth-order valence-corrected chi connectivity index (χ4v) is 3.76. The minimum Gasteiger partial charge on any atom is -0.493 e. The smallest absolute Gasteiger partial charge is 0.256 e. The first-order chi connectivity index (χ1) is 15.5. The third kappa shape index (κ3) is 4.30. The van der Waals surface area contributed by atoms with Crippen LogP contribution in [0.25, 0.3) is 5.69 Å². The van der Waals surface area contributed by atoms with Gasteiger partial charge in [-0.3, -0.25) is 9.59 Å². The van der Waals surface area contributed by atoms with Crippen LogP contribution in [0.15, 0.2) is 48.8 Å². The molecule has 166 valence electrons. The first kappa shape index (κ1) is 21.4. The van der Waals surface area contributed by atoms with E-state index in [9.17, 15) is 9.59 Å². The highest BCUT2D eigenvalue weighted by molar-refractivity contribution is 6.09. The molecule has 1 N–H and O–H groups in total. The Bertz CT molecular complexity index is 1130. The molecule has 1 saturated heterocycles. The zero-order chi connectivity index (χ0) is 22.7. The van der Waals surface area contributed by atoms with Gasteiger partial charge in [-0.05, 0) is 55.7 Å². The molecular formula is C24H26N4O4. The van der Waals surface area contributed by atoms with E-state index >= 15 is 0 Å². The zero-order valence-corrected chi connectivity index (χ0v) is 18.4. The second-order valence-corrected chi connectivity index (χ2v) is 7.72. The van der Waals surface area contributed by atoms with Gasteiger partial charge in [-0.1, -0.05) is 0 Å². The van der Waals surface area contributed by atoms with Crippen LogP contribution < -0.4 is 14.8 Å². The fraction of sp³-hybridized carbons (Fsp3) is 0.292. The Morgan fingerprint density at radius 3 is 2.25 bits per heavy atom. The molecule has 2 heterocycles. The lowest BCUT2D eigenvalue weighted by atomic mass is 10.1. The molecule has 1 aromatic heterocycles. The van der Waals surface area contributed by atoms with E-state index in [1.807, 2.05) is 25.3 Å². The van der Waals surface area contributed by atoms with Crippen LogP contribution in [0.2, 0.25) is 0 Å². The van der Waals surface area contributed by atoms with Crippen molar-refractivity contribution in [2.75, 3.05) is 32.6 Å². The van der Waals surface area contributed by atoms with Crippen molar-refractivity contribution >= 4 is 17.5 Å². The number of methoxy groups -OCH3 is 2. The Morgan fingerprint density at radius 1 is 1.00 bits per heavy atom. The van der Waals surface area contributed by atoms with Gasteiger partial charge in [-0.25, -0.2) is 4.68 Å². The van der Waals surface area contributed by atoms with Gasteiger partial charge in [-0.2, -0.15) is 5.10 Å². The van der Waals surface area contributed by atoms with Crippen LogP contribution in [0.3, 0.4) is 0 Å². The van der Waals surface area contributed by atoms with Crippen molar-refractivity contribution in [3.8, 4) is 17.2 Å². The number of aromatic nitrogens is 2. The van der Waals surface area contributed by atoms with Gasteiger partial charge in [0.05, 0.1) is 37.4 Å². The summed E-state index contributed by atoms with van der Waals surface area (Å²) in [6, 6.07) is 10.4. The Balaban J connectivity index is 1.61. The molecule has 0 bridgehead atoms. The molecule has 4 rings (SSSR count). The lowest BCUT2D eigenvalue weighted by Crippen LogP contribution is -2.29. The topological polar surface area (TPSA) is 85.7 Å². The molecule has 2 aromatic carbocycles. The number of rotatable bonds is 6. The maximum atomic E-state index is 13.1. The average molecular weight is 434 g/mol. The molecule has 0 radical (unpaired) electrons. The predicted molar refractivity (Wildman–Crippen MR) is 121 cm³/mol. The van der Waals surface area contributed by atoms with E-state index < -0.39 is 0 Å². The SMILES string of the molecule is COc1cc(NC(=O)c2ccc(-n3cc(C)cn3)cc2)c(C(=O)N2CCCC2)cc1OC. The lowest BCUT2D eigenvalue weighted by Gasteiger charge is -2.20. The third-order valence-corrected chi connectivity index (χ3v) is 5.50. The van der Waals surface area contributed by atoms with E-state index in [0.29, 0.717) is 41.4 Å². The Morgan fingerprint density at radius 2 is 1.66 bits per heavy atom. The summed E-state index contributed by atoms with van der Waals surface area (Å²) >= 11 is 0. The van der Waals surface area contributed by atoms with E-state index in [2.05, 4.69) is 10.4 Å². The Labute approximate surface area is 186 Å². The van der Waals surface area contributed by atoms with Gasteiger partial charge in [0.2, 0.25) is 0 Å². The van der Waals surface area contributed by atoms with Crippen LogP contribution in [-0.2, 0) is 0 Å². The summed E-state index contributed by atoms with van der Waals surface area (Å²) in [5.41, 5.74) is 3.13. The molecule has 0 unspecified atom stereocenters. The molecule has 2 amide bonds. The van der Waals surface area contributed by atoms with E-state index in [0.717, 1.165) is 24.1 Å². The number of likely N-dealkylation sites (tertiary alicyclic amines) is 1. The first-order valence-corrected chi connectivity index (χ1v) is 10.5. The summed E-state index contributed by atoms with van der Waals surface area (Å²) in [6.07, 6.45) is 5.64. The van der Waals surface area contributed by atoms with Gasteiger partial charge < -0.3 is 19.7 Å². The number of carbonyl (C=O) groups excluding carboxylic acids is 2. The minimum absolute atomic E-state index is 0.136. The summed E-state index contributed by atoms with van der Waals surface area (Å²) in [6.45, 7) is 3.37. The number of hydrogen-bond acceptors (Lipinski definition) is 5. The van der Waals surface area contributed by atoms with Crippen molar-refractivity contribution in [3.63, 3.8) is 0 Å².